The highest BCUT2D eigenvalue weighted by atomic mass is 15.3. The third-order valence-corrected chi connectivity index (χ3v) is 2.48. The quantitative estimate of drug-likeness (QED) is 0.795. The molecule has 16 heavy (non-hydrogen) atoms. The molecule has 0 radical (unpaired) electrons. The van der Waals surface area contributed by atoms with E-state index < -0.39 is 0 Å². The number of aromatic amines is 1. The molecule has 0 aliphatic carbocycles. The van der Waals surface area contributed by atoms with E-state index >= 15 is 0 Å². The van der Waals surface area contributed by atoms with Crippen LogP contribution in [0.2, 0.25) is 0 Å². The van der Waals surface area contributed by atoms with E-state index in [1.54, 1.807) is 0 Å². The Balaban J connectivity index is 1.84. The zero-order valence-electron chi connectivity index (χ0n) is 9.70. The minimum atomic E-state index is 0.777. The zero-order valence-corrected chi connectivity index (χ0v) is 9.70. The summed E-state index contributed by atoms with van der Waals surface area (Å²) in [6, 6.07) is 4.08. The number of hydrogen-bond acceptors (Lipinski definition) is 3. The van der Waals surface area contributed by atoms with Crippen LogP contribution in [0.4, 0.5) is 0 Å². The molecule has 2 N–H and O–H groups in total. The molecule has 5 heteroatoms. The van der Waals surface area contributed by atoms with Gasteiger partial charge in [-0.15, -0.1) is 0 Å². The smallest absolute Gasteiger partial charge is 0.0762 e. The number of aromatic nitrogens is 4. The number of nitrogens with one attached hydrogen (secondary N) is 2. The molecule has 0 amide bonds. The van der Waals surface area contributed by atoms with Crippen molar-refractivity contribution < 1.29 is 0 Å². The molecule has 86 valence electrons. The van der Waals surface area contributed by atoms with Gasteiger partial charge < -0.3 is 5.32 Å². The summed E-state index contributed by atoms with van der Waals surface area (Å²) in [5.74, 6) is 0. The second-order valence-electron chi connectivity index (χ2n) is 3.78. The lowest BCUT2D eigenvalue weighted by molar-refractivity contribution is 0.578. The van der Waals surface area contributed by atoms with Crippen molar-refractivity contribution in [2.45, 2.75) is 33.5 Å². The van der Waals surface area contributed by atoms with Crippen molar-refractivity contribution in [2.75, 3.05) is 0 Å². The highest BCUT2D eigenvalue weighted by Gasteiger charge is 2.01. The van der Waals surface area contributed by atoms with Gasteiger partial charge in [-0.1, -0.05) is 0 Å². The van der Waals surface area contributed by atoms with Gasteiger partial charge in [-0.05, 0) is 26.0 Å². The third-order valence-electron chi connectivity index (χ3n) is 2.48. The van der Waals surface area contributed by atoms with Gasteiger partial charge in [0, 0.05) is 31.5 Å². The Morgan fingerprint density at radius 1 is 1.44 bits per heavy atom. The molecule has 2 aromatic rings. The third kappa shape index (κ3) is 2.49. The number of nitrogens with zero attached hydrogens (tertiary/aromatic N) is 3. The fourth-order valence-electron chi connectivity index (χ4n) is 1.68. The summed E-state index contributed by atoms with van der Waals surface area (Å²) in [6.07, 6.45) is 1.83. The Labute approximate surface area is 94.9 Å². The van der Waals surface area contributed by atoms with Gasteiger partial charge in [0.1, 0.15) is 0 Å². The lowest BCUT2D eigenvalue weighted by atomic mass is 10.3. The Kier molecular flexibility index (Phi) is 3.36. The van der Waals surface area contributed by atoms with Crippen LogP contribution in [-0.4, -0.2) is 20.0 Å². The number of H-pyrrole nitrogens is 1. The Bertz CT molecular complexity index is 443. The Morgan fingerprint density at radius 2 is 2.31 bits per heavy atom. The second-order valence-corrected chi connectivity index (χ2v) is 3.78. The summed E-state index contributed by atoms with van der Waals surface area (Å²) in [6.45, 7) is 6.60. The molecular formula is C11H17N5. The number of rotatable bonds is 5. The maximum Gasteiger partial charge on any atom is 0.0762 e. The van der Waals surface area contributed by atoms with Crippen LogP contribution in [0, 0.1) is 6.92 Å². The Hall–Kier alpha value is -1.62. The van der Waals surface area contributed by atoms with E-state index in [4.69, 9.17) is 0 Å². The average molecular weight is 219 g/mol. The molecule has 0 atom stereocenters. The molecule has 0 saturated heterocycles. The van der Waals surface area contributed by atoms with Gasteiger partial charge >= 0.3 is 0 Å². The fraction of sp³-hybridized carbons (Fsp3) is 0.455. The lowest BCUT2D eigenvalue weighted by Crippen LogP contribution is -2.16. The van der Waals surface area contributed by atoms with Gasteiger partial charge in [0.25, 0.3) is 0 Å². The molecule has 0 aliphatic heterocycles. The molecule has 0 aromatic carbocycles. The van der Waals surface area contributed by atoms with Crippen LogP contribution in [0.5, 0.6) is 0 Å². The number of aryl methyl sites for hydroxylation is 2. The maximum absolute atomic E-state index is 4.22. The summed E-state index contributed by atoms with van der Waals surface area (Å²) in [4.78, 5) is 0. The van der Waals surface area contributed by atoms with Crippen LogP contribution in [0.1, 0.15) is 24.0 Å². The van der Waals surface area contributed by atoms with E-state index in [0.29, 0.717) is 0 Å². The van der Waals surface area contributed by atoms with Crippen LogP contribution in [0.15, 0.2) is 18.3 Å². The first-order valence-electron chi connectivity index (χ1n) is 5.52. The largest absolute Gasteiger partial charge is 0.305 e. The van der Waals surface area contributed by atoms with E-state index in [1.807, 2.05) is 29.9 Å². The second kappa shape index (κ2) is 4.94. The van der Waals surface area contributed by atoms with Gasteiger partial charge in [-0.3, -0.25) is 9.78 Å². The first-order chi connectivity index (χ1) is 7.79. The standard InChI is InChI=1S/C11H17N5/c1-3-16-11(4-5-13-16)8-12-7-10-6-9(2)14-15-10/h4-6,12H,3,7-8H2,1-2H3,(H,14,15). The predicted octanol–water partition coefficient (Wildman–Crippen LogP) is 1.22. The molecule has 0 aliphatic rings. The molecule has 5 nitrogen and oxygen atoms in total. The van der Waals surface area contributed by atoms with Gasteiger partial charge in [0.15, 0.2) is 0 Å². The molecule has 0 saturated carbocycles. The molecule has 0 bridgehead atoms. The van der Waals surface area contributed by atoms with Crippen molar-refractivity contribution in [1.29, 1.82) is 0 Å². The predicted molar refractivity (Wildman–Crippen MR) is 61.8 cm³/mol. The van der Waals surface area contributed by atoms with Gasteiger partial charge in [-0.2, -0.15) is 10.2 Å². The highest BCUT2D eigenvalue weighted by Crippen LogP contribution is 2.00. The van der Waals surface area contributed by atoms with Crippen molar-refractivity contribution in [1.82, 2.24) is 25.3 Å². The SMILES string of the molecule is CCn1nccc1CNCc1cc(C)[nH]n1. The summed E-state index contributed by atoms with van der Waals surface area (Å²) >= 11 is 0. The summed E-state index contributed by atoms with van der Waals surface area (Å²) < 4.78 is 1.99. The van der Waals surface area contributed by atoms with E-state index in [-0.39, 0.29) is 0 Å². The van der Waals surface area contributed by atoms with Gasteiger partial charge in [0.2, 0.25) is 0 Å². The minimum absolute atomic E-state index is 0.777. The fourth-order valence-corrected chi connectivity index (χ4v) is 1.68. The molecule has 0 fully saturated rings. The zero-order chi connectivity index (χ0) is 11.4. The molecule has 2 aromatic heterocycles. The molecule has 0 unspecified atom stereocenters. The minimum Gasteiger partial charge on any atom is -0.305 e. The van der Waals surface area contributed by atoms with Crippen molar-refractivity contribution in [3.8, 4) is 0 Å². The van der Waals surface area contributed by atoms with Crippen molar-refractivity contribution in [3.05, 3.63) is 35.4 Å². The molecule has 2 heterocycles. The molecule has 2 rings (SSSR count). The van der Waals surface area contributed by atoms with Crippen molar-refractivity contribution in [3.63, 3.8) is 0 Å². The van der Waals surface area contributed by atoms with Crippen molar-refractivity contribution >= 4 is 0 Å². The van der Waals surface area contributed by atoms with Crippen LogP contribution in [0.25, 0.3) is 0 Å². The molecule has 0 spiro atoms. The van der Waals surface area contributed by atoms with Crippen LogP contribution in [0.3, 0.4) is 0 Å². The van der Waals surface area contributed by atoms with Crippen LogP contribution >= 0.6 is 0 Å². The van der Waals surface area contributed by atoms with E-state index in [0.717, 1.165) is 31.0 Å². The first kappa shape index (κ1) is 10.9. The first-order valence-corrected chi connectivity index (χ1v) is 5.52. The van der Waals surface area contributed by atoms with Gasteiger partial charge in [0.05, 0.1) is 11.4 Å². The highest BCUT2D eigenvalue weighted by molar-refractivity contribution is 5.07. The van der Waals surface area contributed by atoms with E-state index in [2.05, 4.69) is 27.5 Å². The lowest BCUT2D eigenvalue weighted by Gasteiger charge is -2.05. The van der Waals surface area contributed by atoms with Crippen molar-refractivity contribution in [2.24, 2.45) is 0 Å². The van der Waals surface area contributed by atoms with Crippen LogP contribution < -0.4 is 5.32 Å². The average Bonchev–Trinajstić information content (AvgIpc) is 2.87. The van der Waals surface area contributed by atoms with Gasteiger partial charge in [-0.25, -0.2) is 0 Å². The van der Waals surface area contributed by atoms with E-state index in [1.165, 1.54) is 5.69 Å². The summed E-state index contributed by atoms with van der Waals surface area (Å²) in [5, 5.41) is 14.7. The van der Waals surface area contributed by atoms with Crippen LogP contribution in [-0.2, 0) is 19.6 Å². The summed E-state index contributed by atoms with van der Waals surface area (Å²) in [5.41, 5.74) is 3.34. The normalized spacial score (nSPS) is 10.9. The van der Waals surface area contributed by atoms with E-state index in [9.17, 15) is 0 Å². The Morgan fingerprint density at radius 3 is 3.00 bits per heavy atom. The number of hydrogen-bond donors (Lipinski definition) is 2. The topological polar surface area (TPSA) is 58.5 Å². The molecular weight excluding hydrogens is 202 g/mol. The maximum atomic E-state index is 4.22. The summed E-state index contributed by atoms with van der Waals surface area (Å²) in [7, 11) is 0. The monoisotopic (exact) mass is 219 g/mol.